The minimum absolute atomic E-state index is 0.0781. The van der Waals surface area contributed by atoms with E-state index in [1.807, 2.05) is 42.5 Å². The molecule has 0 spiro atoms. The number of nitrogens with two attached hydrogens (primary N) is 1. The van der Waals surface area contributed by atoms with Crippen molar-refractivity contribution in [2.45, 2.75) is 24.8 Å². The zero-order chi connectivity index (χ0) is 21.8. The minimum Gasteiger partial charge on any atom is -0.489 e. The Balaban J connectivity index is 1.64. The fraction of sp³-hybridized carbons (Fsp3) is 0.192. The van der Waals surface area contributed by atoms with Crippen LogP contribution in [-0.4, -0.2) is 12.6 Å². The van der Waals surface area contributed by atoms with E-state index in [9.17, 15) is 0 Å². The zero-order valence-corrected chi connectivity index (χ0v) is 18.4. The Kier molecular flexibility index (Phi) is 6.63. The van der Waals surface area contributed by atoms with Crippen LogP contribution in [0.5, 0.6) is 5.75 Å². The van der Waals surface area contributed by atoms with E-state index >= 15 is 0 Å². The van der Waals surface area contributed by atoms with Crippen molar-refractivity contribution in [1.29, 1.82) is 5.26 Å². The molecule has 0 heterocycles. The van der Waals surface area contributed by atoms with Gasteiger partial charge in [0, 0.05) is 22.0 Å². The summed E-state index contributed by atoms with van der Waals surface area (Å²) in [6.45, 7) is 0.449. The van der Waals surface area contributed by atoms with Crippen molar-refractivity contribution in [3.05, 3.63) is 105 Å². The average molecular weight is 449 g/mol. The average Bonchev–Trinajstić information content (AvgIpc) is 2.79. The SMILES string of the molecule is N#Cc1ccc(OCC2=C(c3ccccc3)C[C@@H](c3ccc(Cl)cc3Cl)[C@H](N)C2)cc1. The van der Waals surface area contributed by atoms with Gasteiger partial charge < -0.3 is 10.5 Å². The number of benzene rings is 3. The summed E-state index contributed by atoms with van der Waals surface area (Å²) in [5, 5.41) is 10.2. The molecule has 0 fully saturated rings. The van der Waals surface area contributed by atoms with E-state index < -0.39 is 0 Å². The molecule has 0 radical (unpaired) electrons. The van der Waals surface area contributed by atoms with Gasteiger partial charge in [0.15, 0.2) is 0 Å². The Morgan fingerprint density at radius 1 is 0.968 bits per heavy atom. The Morgan fingerprint density at radius 2 is 1.71 bits per heavy atom. The molecule has 2 atom stereocenters. The number of nitriles is 1. The molecule has 3 nitrogen and oxygen atoms in total. The van der Waals surface area contributed by atoms with Gasteiger partial charge in [0.25, 0.3) is 0 Å². The molecular weight excluding hydrogens is 427 g/mol. The van der Waals surface area contributed by atoms with E-state index in [4.69, 9.17) is 38.9 Å². The van der Waals surface area contributed by atoms with Crippen LogP contribution >= 0.6 is 23.2 Å². The van der Waals surface area contributed by atoms with E-state index in [2.05, 4.69) is 18.2 Å². The smallest absolute Gasteiger partial charge is 0.119 e. The second kappa shape index (κ2) is 9.58. The second-order valence-corrected chi connectivity index (χ2v) is 8.56. The highest BCUT2D eigenvalue weighted by Crippen LogP contribution is 2.42. The van der Waals surface area contributed by atoms with Crippen LogP contribution in [0.4, 0.5) is 0 Å². The first-order chi connectivity index (χ1) is 15.0. The van der Waals surface area contributed by atoms with Gasteiger partial charge in [-0.15, -0.1) is 0 Å². The van der Waals surface area contributed by atoms with Gasteiger partial charge in [-0.1, -0.05) is 59.6 Å². The first-order valence-corrected chi connectivity index (χ1v) is 10.9. The summed E-state index contributed by atoms with van der Waals surface area (Å²) in [7, 11) is 0. The van der Waals surface area contributed by atoms with Gasteiger partial charge in [0.2, 0.25) is 0 Å². The van der Waals surface area contributed by atoms with E-state index in [1.54, 1.807) is 18.2 Å². The number of halogens is 2. The summed E-state index contributed by atoms with van der Waals surface area (Å²) >= 11 is 12.6. The van der Waals surface area contributed by atoms with Crippen molar-refractivity contribution in [3.63, 3.8) is 0 Å². The van der Waals surface area contributed by atoms with E-state index in [0.717, 1.165) is 17.7 Å². The van der Waals surface area contributed by atoms with Gasteiger partial charge in [0.05, 0.1) is 11.6 Å². The quantitative estimate of drug-likeness (QED) is 0.477. The molecular formula is C26H22Cl2N2O. The van der Waals surface area contributed by atoms with Crippen molar-refractivity contribution in [2.24, 2.45) is 5.73 Å². The lowest BCUT2D eigenvalue weighted by Crippen LogP contribution is -2.34. The van der Waals surface area contributed by atoms with Crippen LogP contribution in [0.25, 0.3) is 5.57 Å². The van der Waals surface area contributed by atoms with Gasteiger partial charge in [-0.25, -0.2) is 0 Å². The summed E-state index contributed by atoms with van der Waals surface area (Å²) < 4.78 is 6.06. The Labute approximate surface area is 192 Å². The molecule has 1 aliphatic carbocycles. The first kappa shape index (κ1) is 21.5. The van der Waals surface area contributed by atoms with Gasteiger partial charge >= 0.3 is 0 Å². The maximum atomic E-state index is 8.98. The maximum absolute atomic E-state index is 8.98. The monoisotopic (exact) mass is 448 g/mol. The summed E-state index contributed by atoms with van der Waals surface area (Å²) in [6, 6.07) is 25.2. The summed E-state index contributed by atoms with van der Waals surface area (Å²) in [5.74, 6) is 0.828. The van der Waals surface area contributed by atoms with Crippen LogP contribution in [0.1, 0.15) is 35.4 Å². The third kappa shape index (κ3) is 4.94. The molecule has 3 aromatic rings. The Bertz CT molecular complexity index is 1130. The highest BCUT2D eigenvalue weighted by Gasteiger charge is 2.31. The normalized spacial score (nSPS) is 18.5. The van der Waals surface area contributed by atoms with Crippen LogP contribution in [0.3, 0.4) is 0 Å². The highest BCUT2D eigenvalue weighted by atomic mass is 35.5. The number of ether oxygens (including phenoxy) is 1. The third-order valence-electron chi connectivity index (χ3n) is 5.73. The topological polar surface area (TPSA) is 59.0 Å². The maximum Gasteiger partial charge on any atom is 0.119 e. The highest BCUT2D eigenvalue weighted by molar-refractivity contribution is 6.35. The summed E-state index contributed by atoms with van der Waals surface area (Å²) in [4.78, 5) is 0. The summed E-state index contributed by atoms with van der Waals surface area (Å²) in [6.07, 6.45) is 1.49. The molecule has 0 aromatic heterocycles. The van der Waals surface area contributed by atoms with Crippen molar-refractivity contribution >= 4 is 28.8 Å². The molecule has 1 aliphatic rings. The first-order valence-electron chi connectivity index (χ1n) is 10.1. The molecule has 0 unspecified atom stereocenters. The molecule has 0 bridgehead atoms. The van der Waals surface area contributed by atoms with Gasteiger partial charge in [-0.2, -0.15) is 5.26 Å². The van der Waals surface area contributed by atoms with E-state index in [1.165, 1.54) is 16.7 Å². The number of rotatable bonds is 5. The van der Waals surface area contributed by atoms with Crippen molar-refractivity contribution in [2.75, 3.05) is 6.61 Å². The standard InChI is InChI=1S/C26H22Cl2N2O/c27-20-8-11-22(25(28)13-20)24-14-23(18-4-2-1-3-5-18)19(12-26(24)30)16-31-21-9-6-17(15-29)7-10-21/h1-11,13,24,26H,12,14,16,30H2/t24-,26+/m0/s1. The Hall–Kier alpha value is -2.77. The fourth-order valence-electron chi connectivity index (χ4n) is 4.11. The van der Waals surface area contributed by atoms with Crippen LogP contribution in [-0.2, 0) is 0 Å². The lowest BCUT2D eigenvalue weighted by Gasteiger charge is -2.34. The molecule has 156 valence electrons. The van der Waals surface area contributed by atoms with Crippen LogP contribution in [0, 0.1) is 11.3 Å². The number of nitrogens with zero attached hydrogens (tertiary/aromatic N) is 1. The Morgan fingerprint density at radius 3 is 2.39 bits per heavy atom. The largest absolute Gasteiger partial charge is 0.489 e. The summed E-state index contributed by atoms with van der Waals surface area (Å²) in [5.41, 5.74) is 11.9. The van der Waals surface area contributed by atoms with E-state index in [-0.39, 0.29) is 12.0 Å². The lowest BCUT2D eigenvalue weighted by molar-refractivity contribution is 0.338. The minimum atomic E-state index is -0.0781. The number of hydrogen-bond acceptors (Lipinski definition) is 3. The van der Waals surface area contributed by atoms with Crippen LogP contribution in [0.2, 0.25) is 10.0 Å². The van der Waals surface area contributed by atoms with E-state index in [0.29, 0.717) is 28.6 Å². The zero-order valence-electron chi connectivity index (χ0n) is 16.9. The molecule has 4 rings (SSSR count). The van der Waals surface area contributed by atoms with Gasteiger partial charge in [0.1, 0.15) is 12.4 Å². The van der Waals surface area contributed by atoms with Crippen LogP contribution < -0.4 is 10.5 Å². The molecule has 0 amide bonds. The molecule has 0 saturated heterocycles. The fourth-order valence-corrected chi connectivity index (χ4v) is 4.66. The predicted octanol–water partition coefficient (Wildman–Crippen LogP) is 6.60. The van der Waals surface area contributed by atoms with Gasteiger partial charge in [-0.05, 0) is 71.5 Å². The molecule has 5 heteroatoms. The van der Waals surface area contributed by atoms with Gasteiger partial charge in [-0.3, -0.25) is 0 Å². The molecule has 3 aromatic carbocycles. The molecule has 0 aliphatic heterocycles. The number of allylic oxidation sites excluding steroid dienone is 1. The van der Waals surface area contributed by atoms with Crippen molar-refractivity contribution in [1.82, 2.24) is 0 Å². The molecule has 2 N–H and O–H groups in total. The second-order valence-electron chi connectivity index (χ2n) is 7.72. The number of hydrogen-bond donors (Lipinski definition) is 1. The molecule has 31 heavy (non-hydrogen) atoms. The molecule has 0 saturated carbocycles. The van der Waals surface area contributed by atoms with Crippen LogP contribution in [0.15, 0.2) is 78.4 Å². The third-order valence-corrected chi connectivity index (χ3v) is 6.29. The van der Waals surface area contributed by atoms with Crippen molar-refractivity contribution < 1.29 is 4.74 Å². The lowest BCUT2D eigenvalue weighted by atomic mass is 9.75. The predicted molar refractivity (Wildman–Crippen MR) is 126 cm³/mol. The van der Waals surface area contributed by atoms with Crippen molar-refractivity contribution in [3.8, 4) is 11.8 Å².